The molecule has 8 aromatic carbocycles. The summed E-state index contributed by atoms with van der Waals surface area (Å²) in [7, 11) is 0. The zero-order valence-electron chi connectivity index (χ0n) is 47.8. The lowest BCUT2D eigenvalue weighted by Crippen LogP contribution is -2.06. The molecule has 0 unspecified atom stereocenters. The van der Waals surface area contributed by atoms with Crippen LogP contribution in [-0.2, 0) is 0 Å². The summed E-state index contributed by atoms with van der Waals surface area (Å²) in [5.74, 6) is -0.149. The first-order valence-corrected chi connectivity index (χ1v) is 17.3. The molecule has 262 valence electrons. The molecule has 0 amide bonds. The molecule has 0 atom stereocenters. The van der Waals surface area contributed by atoms with Gasteiger partial charge in [-0.25, -0.2) is 4.98 Å². The van der Waals surface area contributed by atoms with Gasteiger partial charge < -0.3 is 4.57 Å². The fourth-order valence-electron chi connectivity index (χ4n) is 6.92. The monoisotopic (exact) mass is 734 g/mol. The third-order valence-electron chi connectivity index (χ3n) is 9.44. The van der Waals surface area contributed by atoms with Gasteiger partial charge in [0.15, 0.2) is 11.6 Å². The first-order valence-electron chi connectivity index (χ1n) is 26.8. The van der Waals surface area contributed by atoms with Crippen LogP contribution in [0.4, 0.5) is 0 Å². The lowest BCUT2D eigenvalue weighted by atomic mass is 10.0. The summed E-state index contributed by atoms with van der Waals surface area (Å²) < 4.78 is 175. The van der Waals surface area contributed by atoms with Crippen LogP contribution in [0.25, 0.3) is 100 Å². The standard InChI is InChI=1S/C51H33N5/c1-4-16-34(17-5-1)35-28-30-38(31-29-35)50-52-49(37-20-8-3-9-21-37)53-51(54-50)56-46-27-15-12-24-41(46)43-32-42-40-23-11-14-26-45(40)55(47(42)33-48(43)56)44-25-13-10-22-39(44)36-18-6-2-7-19-36/h1-33H/i2D,6D,7D,10D,11D,12D,13D,14D,15D,18D,19D,22D,23D,24D,25D,26D,27D,32D,33D. The van der Waals surface area contributed by atoms with Crippen molar-refractivity contribution in [3.8, 4) is 56.7 Å². The first-order chi connectivity index (χ1) is 35.7. The predicted molar refractivity (Wildman–Crippen MR) is 230 cm³/mol. The molecule has 0 fully saturated rings. The Morgan fingerprint density at radius 3 is 1.54 bits per heavy atom. The largest absolute Gasteiger partial charge is 0.309 e. The van der Waals surface area contributed by atoms with Gasteiger partial charge in [0.2, 0.25) is 5.95 Å². The third kappa shape index (κ3) is 5.21. The van der Waals surface area contributed by atoms with Crippen molar-refractivity contribution in [3.05, 3.63) is 200 Å². The second-order valence-corrected chi connectivity index (χ2v) is 12.6. The third-order valence-corrected chi connectivity index (χ3v) is 9.44. The summed E-state index contributed by atoms with van der Waals surface area (Å²) in [6, 6.07) is 10.3. The Morgan fingerprint density at radius 1 is 0.357 bits per heavy atom. The second-order valence-electron chi connectivity index (χ2n) is 12.6. The van der Waals surface area contributed by atoms with E-state index in [1.807, 2.05) is 42.5 Å². The fraction of sp³-hybridized carbons (Fsp3) is 0. The lowest BCUT2D eigenvalue weighted by molar-refractivity contribution is 0.953. The van der Waals surface area contributed by atoms with Gasteiger partial charge in [0, 0.05) is 38.2 Å². The van der Waals surface area contributed by atoms with Gasteiger partial charge in [-0.15, -0.1) is 0 Å². The van der Waals surface area contributed by atoms with E-state index in [2.05, 4.69) is 0 Å². The molecular weight excluding hydrogens is 683 g/mol. The average Bonchev–Trinajstić information content (AvgIpc) is 3.98. The van der Waals surface area contributed by atoms with Gasteiger partial charge in [-0.2, -0.15) is 9.97 Å². The Hall–Kier alpha value is -7.63. The van der Waals surface area contributed by atoms with E-state index in [0.717, 1.165) is 20.3 Å². The second kappa shape index (κ2) is 13.0. The topological polar surface area (TPSA) is 48.5 Å². The first kappa shape index (κ1) is 18.1. The van der Waals surface area contributed by atoms with E-state index in [-0.39, 0.29) is 39.4 Å². The minimum Gasteiger partial charge on any atom is -0.309 e. The van der Waals surface area contributed by atoms with Crippen LogP contribution in [-0.4, -0.2) is 24.1 Å². The number of aromatic nitrogens is 5. The molecular formula is C51H33N5. The Kier molecular flexibility index (Phi) is 4.22. The average molecular weight is 735 g/mol. The SMILES string of the molecule is [2H]c1c([2H])c([2H])c(-c2c([2H])c([2H])c([2H])c([2H])c2-n2c3c([2H])c([2H])c([2H])c([2H])c3c3c([2H])c4c5c([2H])c([2H])c([2H])c([2H])c5n(-c5nc(-c6ccccc6)nc(-c6ccc(-c7ccccc7)cc6)n5)c4c([2H])c32)c([2H])c1[2H]. The van der Waals surface area contributed by atoms with Crippen LogP contribution < -0.4 is 0 Å². The molecule has 0 saturated heterocycles. The zero-order valence-corrected chi connectivity index (χ0v) is 28.8. The number of hydrogen-bond acceptors (Lipinski definition) is 3. The number of benzene rings is 8. The van der Waals surface area contributed by atoms with E-state index in [1.165, 1.54) is 0 Å². The van der Waals surface area contributed by atoms with Crippen molar-refractivity contribution < 1.29 is 26.0 Å². The maximum Gasteiger partial charge on any atom is 0.238 e. The Balaban J connectivity index is 1.38. The smallest absolute Gasteiger partial charge is 0.238 e. The summed E-state index contributed by atoms with van der Waals surface area (Å²) in [6.07, 6.45) is 0. The number of fused-ring (bicyclic) bond motifs is 6. The Labute approximate surface area is 350 Å². The highest BCUT2D eigenvalue weighted by Gasteiger charge is 2.22. The highest BCUT2D eigenvalue weighted by molar-refractivity contribution is 6.19. The van der Waals surface area contributed by atoms with Crippen molar-refractivity contribution in [2.45, 2.75) is 0 Å². The van der Waals surface area contributed by atoms with Gasteiger partial charge in [0.05, 0.1) is 53.8 Å². The molecule has 0 radical (unpaired) electrons. The molecule has 11 rings (SSSR count). The number of rotatable bonds is 6. The van der Waals surface area contributed by atoms with E-state index in [1.54, 1.807) is 42.5 Å². The number of nitrogens with zero attached hydrogens (tertiary/aromatic N) is 5. The van der Waals surface area contributed by atoms with Crippen LogP contribution in [0.15, 0.2) is 200 Å². The predicted octanol–water partition coefficient (Wildman–Crippen LogP) is 12.7. The Morgan fingerprint density at radius 2 is 0.857 bits per heavy atom. The van der Waals surface area contributed by atoms with Crippen LogP contribution in [0.3, 0.4) is 0 Å². The van der Waals surface area contributed by atoms with Crippen molar-refractivity contribution in [1.82, 2.24) is 24.1 Å². The summed E-state index contributed by atoms with van der Waals surface area (Å²) in [6.45, 7) is 0. The molecule has 0 aliphatic carbocycles. The van der Waals surface area contributed by atoms with Crippen molar-refractivity contribution in [2.24, 2.45) is 0 Å². The van der Waals surface area contributed by atoms with Crippen LogP contribution >= 0.6 is 0 Å². The summed E-state index contributed by atoms with van der Waals surface area (Å²) in [4.78, 5) is 14.6. The van der Waals surface area contributed by atoms with E-state index in [4.69, 9.17) is 30.0 Å². The molecule has 11 aromatic rings. The van der Waals surface area contributed by atoms with Crippen LogP contribution in [0.1, 0.15) is 26.0 Å². The minimum atomic E-state index is -0.928. The van der Waals surface area contributed by atoms with E-state index >= 15 is 0 Å². The molecule has 0 bridgehead atoms. The van der Waals surface area contributed by atoms with Crippen LogP contribution in [0, 0.1) is 0 Å². The molecule has 0 saturated carbocycles. The molecule has 0 aliphatic heterocycles. The van der Waals surface area contributed by atoms with Crippen molar-refractivity contribution in [2.75, 3.05) is 0 Å². The minimum absolute atomic E-state index is 0.0781. The number of hydrogen-bond donors (Lipinski definition) is 0. The highest BCUT2D eigenvalue weighted by atomic mass is 15.2. The van der Waals surface area contributed by atoms with Crippen molar-refractivity contribution in [3.63, 3.8) is 0 Å². The maximum absolute atomic E-state index is 10.4. The summed E-state index contributed by atoms with van der Waals surface area (Å²) in [5, 5.41) is -1.46. The molecule has 3 aromatic heterocycles. The molecule has 3 heterocycles. The van der Waals surface area contributed by atoms with Gasteiger partial charge in [0.1, 0.15) is 0 Å². The number of para-hydroxylation sites is 3. The highest BCUT2D eigenvalue weighted by Crippen LogP contribution is 2.41. The van der Waals surface area contributed by atoms with Crippen molar-refractivity contribution >= 4 is 43.6 Å². The van der Waals surface area contributed by atoms with E-state index in [0.29, 0.717) is 11.1 Å². The molecule has 56 heavy (non-hydrogen) atoms. The molecule has 0 aliphatic rings. The summed E-state index contributed by atoms with van der Waals surface area (Å²) in [5.41, 5.74) is -1.07. The normalized spacial score (nSPS) is 16.3. The molecule has 5 nitrogen and oxygen atoms in total. The quantitative estimate of drug-likeness (QED) is 0.171. The lowest BCUT2D eigenvalue weighted by Gasteiger charge is -2.14. The van der Waals surface area contributed by atoms with Gasteiger partial charge in [-0.05, 0) is 46.9 Å². The van der Waals surface area contributed by atoms with Gasteiger partial charge in [-0.1, -0.05) is 170 Å². The van der Waals surface area contributed by atoms with Gasteiger partial charge >= 0.3 is 0 Å². The van der Waals surface area contributed by atoms with E-state index < -0.39 is 153 Å². The fourth-order valence-corrected chi connectivity index (χ4v) is 6.92. The van der Waals surface area contributed by atoms with Crippen LogP contribution in [0.5, 0.6) is 0 Å². The Bertz CT molecular complexity index is 4300. The van der Waals surface area contributed by atoms with Crippen LogP contribution in [0.2, 0.25) is 0 Å². The molecule has 0 spiro atoms. The van der Waals surface area contributed by atoms with Gasteiger partial charge in [-0.3, -0.25) is 4.57 Å². The van der Waals surface area contributed by atoms with Crippen molar-refractivity contribution in [1.29, 1.82) is 0 Å². The molecule has 5 heteroatoms. The maximum atomic E-state index is 10.4. The zero-order chi connectivity index (χ0) is 53.5. The molecule has 0 N–H and O–H groups in total. The summed E-state index contributed by atoms with van der Waals surface area (Å²) >= 11 is 0. The van der Waals surface area contributed by atoms with E-state index in [9.17, 15) is 11.0 Å². The van der Waals surface area contributed by atoms with Gasteiger partial charge in [0.25, 0.3) is 0 Å².